The maximum Gasteiger partial charge on any atom is 0.0178 e. The van der Waals surface area contributed by atoms with Crippen LogP contribution in [0, 0.1) is 5.41 Å². The van der Waals surface area contributed by atoms with Crippen LogP contribution in [0.1, 0.15) is 30.9 Å². The second kappa shape index (κ2) is 5.55. The van der Waals surface area contributed by atoms with Crippen molar-refractivity contribution in [3.05, 3.63) is 35.4 Å². The van der Waals surface area contributed by atoms with E-state index in [9.17, 15) is 0 Å². The van der Waals surface area contributed by atoms with E-state index in [0.717, 1.165) is 30.5 Å². The molecule has 0 aliphatic rings. The molecule has 14 heavy (non-hydrogen) atoms. The Morgan fingerprint density at radius 2 is 1.79 bits per heavy atom. The van der Waals surface area contributed by atoms with Gasteiger partial charge in [0.05, 0.1) is 0 Å². The third-order valence-electron chi connectivity index (χ3n) is 2.23. The molecule has 0 amide bonds. The van der Waals surface area contributed by atoms with E-state index >= 15 is 0 Å². The van der Waals surface area contributed by atoms with Crippen molar-refractivity contribution in [1.29, 1.82) is 5.41 Å². The zero-order valence-electron chi connectivity index (χ0n) is 8.72. The van der Waals surface area contributed by atoms with Gasteiger partial charge in [-0.15, -0.1) is 0 Å². The molecule has 2 heteroatoms. The molecule has 0 atom stereocenters. The lowest BCUT2D eigenvalue weighted by molar-refractivity contribution is 0.964. The Labute approximate surface area is 85.6 Å². The molecule has 76 valence electrons. The first-order valence-corrected chi connectivity index (χ1v) is 5.10. The van der Waals surface area contributed by atoms with Crippen LogP contribution in [0.3, 0.4) is 0 Å². The van der Waals surface area contributed by atoms with Crippen molar-refractivity contribution in [2.24, 2.45) is 5.73 Å². The highest BCUT2D eigenvalue weighted by molar-refractivity contribution is 5.83. The summed E-state index contributed by atoms with van der Waals surface area (Å²) in [7, 11) is 0. The van der Waals surface area contributed by atoms with Crippen LogP contribution in [0.5, 0.6) is 0 Å². The molecular formula is C12H18N2. The molecule has 0 bridgehead atoms. The molecule has 0 aromatic heterocycles. The topological polar surface area (TPSA) is 49.9 Å². The van der Waals surface area contributed by atoms with Gasteiger partial charge in [-0.25, -0.2) is 0 Å². The van der Waals surface area contributed by atoms with Gasteiger partial charge < -0.3 is 11.1 Å². The summed E-state index contributed by atoms with van der Waals surface area (Å²) in [5.74, 6) is 0. The average molecular weight is 190 g/mol. The minimum absolute atomic E-state index is 0.590. The Morgan fingerprint density at radius 3 is 2.29 bits per heavy atom. The van der Waals surface area contributed by atoms with Gasteiger partial charge in [-0.1, -0.05) is 37.6 Å². The summed E-state index contributed by atoms with van der Waals surface area (Å²) < 4.78 is 0. The SMILES string of the molecule is CCCC(=N)Cc1ccc(CN)cc1. The lowest BCUT2D eigenvalue weighted by Gasteiger charge is -2.03. The Balaban J connectivity index is 2.55. The number of benzene rings is 1. The Hall–Kier alpha value is -1.15. The highest BCUT2D eigenvalue weighted by Crippen LogP contribution is 2.06. The number of hydrogen-bond acceptors (Lipinski definition) is 2. The van der Waals surface area contributed by atoms with Crippen LogP contribution in [0.15, 0.2) is 24.3 Å². The van der Waals surface area contributed by atoms with Crippen molar-refractivity contribution in [2.75, 3.05) is 0 Å². The molecular weight excluding hydrogens is 172 g/mol. The third-order valence-corrected chi connectivity index (χ3v) is 2.23. The van der Waals surface area contributed by atoms with Crippen LogP contribution in [-0.4, -0.2) is 5.71 Å². The van der Waals surface area contributed by atoms with Crippen LogP contribution in [0.2, 0.25) is 0 Å². The van der Waals surface area contributed by atoms with Crippen molar-refractivity contribution in [3.63, 3.8) is 0 Å². The smallest absolute Gasteiger partial charge is 0.0178 e. The van der Waals surface area contributed by atoms with Gasteiger partial charge in [-0.3, -0.25) is 0 Å². The van der Waals surface area contributed by atoms with Crippen molar-refractivity contribution in [1.82, 2.24) is 0 Å². The second-order valence-electron chi connectivity index (χ2n) is 3.55. The highest BCUT2D eigenvalue weighted by atomic mass is 14.5. The van der Waals surface area contributed by atoms with Gasteiger partial charge in [-0.2, -0.15) is 0 Å². The van der Waals surface area contributed by atoms with E-state index in [4.69, 9.17) is 11.1 Å². The molecule has 0 heterocycles. The van der Waals surface area contributed by atoms with E-state index in [0.29, 0.717) is 6.54 Å². The average Bonchev–Trinajstić information content (AvgIpc) is 2.19. The lowest BCUT2D eigenvalue weighted by atomic mass is 10.0. The predicted molar refractivity (Wildman–Crippen MR) is 60.7 cm³/mol. The molecule has 1 rings (SSSR count). The molecule has 0 saturated heterocycles. The fourth-order valence-electron chi connectivity index (χ4n) is 1.43. The zero-order chi connectivity index (χ0) is 10.4. The Kier molecular flexibility index (Phi) is 4.33. The summed E-state index contributed by atoms with van der Waals surface area (Å²) in [6, 6.07) is 8.20. The van der Waals surface area contributed by atoms with Gasteiger partial charge in [-0.05, 0) is 17.5 Å². The van der Waals surface area contributed by atoms with Crippen molar-refractivity contribution >= 4 is 5.71 Å². The zero-order valence-corrected chi connectivity index (χ0v) is 8.72. The van der Waals surface area contributed by atoms with Crippen molar-refractivity contribution in [2.45, 2.75) is 32.7 Å². The van der Waals surface area contributed by atoms with Crippen LogP contribution in [0.25, 0.3) is 0 Å². The largest absolute Gasteiger partial charge is 0.326 e. The molecule has 1 aromatic rings. The van der Waals surface area contributed by atoms with Crippen LogP contribution >= 0.6 is 0 Å². The molecule has 0 radical (unpaired) electrons. The molecule has 0 aliphatic heterocycles. The number of rotatable bonds is 5. The summed E-state index contributed by atoms with van der Waals surface area (Å²) in [5, 5.41) is 7.70. The van der Waals surface area contributed by atoms with E-state index in [1.54, 1.807) is 0 Å². The monoisotopic (exact) mass is 190 g/mol. The fraction of sp³-hybridized carbons (Fsp3) is 0.417. The minimum atomic E-state index is 0.590. The summed E-state index contributed by atoms with van der Waals surface area (Å²) in [6.07, 6.45) is 2.73. The lowest BCUT2D eigenvalue weighted by Crippen LogP contribution is -2.01. The molecule has 1 aromatic carbocycles. The predicted octanol–water partition coefficient (Wildman–Crippen LogP) is 2.51. The molecule has 0 aliphatic carbocycles. The van der Waals surface area contributed by atoms with E-state index < -0.39 is 0 Å². The van der Waals surface area contributed by atoms with E-state index in [1.165, 1.54) is 5.56 Å². The molecule has 0 saturated carbocycles. The van der Waals surface area contributed by atoms with Gasteiger partial charge in [0.15, 0.2) is 0 Å². The Bertz CT molecular complexity index is 288. The van der Waals surface area contributed by atoms with Gasteiger partial charge in [0.2, 0.25) is 0 Å². The van der Waals surface area contributed by atoms with Crippen LogP contribution < -0.4 is 5.73 Å². The maximum atomic E-state index is 7.70. The van der Waals surface area contributed by atoms with E-state index in [2.05, 4.69) is 19.1 Å². The number of hydrogen-bond donors (Lipinski definition) is 2. The summed E-state index contributed by atoms with van der Waals surface area (Å²) in [4.78, 5) is 0. The quantitative estimate of drug-likeness (QED) is 0.689. The van der Waals surface area contributed by atoms with Crippen molar-refractivity contribution < 1.29 is 0 Å². The standard InChI is InChI=1S/C12H18N2/c1-2-3-12(14)8-10-4-6-11(9-13)7-5-10/h4-7,14H,2-3,8-9,13H2,1H3. The van der Waals surface area contributed by atoms with Gasteiger partial charge in [0.1, 0.15) is 0 Å². The molecule has 3 N–H and O–H groups in total. The maximum absolute atomic E-state index is 7.70. The normalized spacial score (nSPS) is 10.1. The number of nitrogens with one attached hydrogen (secondary N) is 1. The third kappa shape index (κ3) is 3.30. The first-order valence-electron chi connectivity index (χ1n) is 5.10. The minimum Gasteiger partial charge on any atom is -0.326 e. The summed E-state index contributed by atoms with van der Waals surface area (Å²) >= 11 is 0. The second-order valence-corrected chi connectivity index (χ2v) is 3.55. The molecule has 0 spiro atoms. The molecule has 2 nitrogen and oxygen atoms in total. The van der Waals surface area contributed by atoms with Gasteiger partial charge >= 0.3 is 0 Å². The van der Waals surface area contributed by atoms with Crippen molar-refractivity contribution in [3.8, 4) is 0 Å². The van der Waals surface area contributed by atoms with E-state index in [-0.39, 0.29) is 0 Å². The number of nitrogens with two attached hydrogens (primary N) is 1. The first-order chi connectivity index (χ1) is 6.76. The van der Waals surface area contributed by atoms with E-state index in [1.807, 2.05) is 12.1 Å². The molecule has 0 fully saturated rings. The van der Waals surface area contributed by atoms with Gasteiger partial charge in [0, 0.05) is 18.7 Å². The first kappa shape index (κ1) is 10.9. The molecule has 0 unspecified atom stereocenters. The highest BCUT2D eigenvalue weighted by Gasteiger charge is 1.98. The van der Waals surface area contributed by atoms with Crippen LogP contribution in [0.4, 0.5) is 0 Å². The van der Waals surface area contributed by atoms with Gasteiger partial charge in [0.25, 0.3) is 0 Å². The fourth-order valence-corrected chi connectivity index (χ4v) is 1.43. The summed E-state index contributed by atoms with van der Waals surface area (Å²) in [5.41, 5.74) is 8.68. The Morgan fingerprint density at radius 1 is 1.21 bits per heavy atom. The summed E-state index contributed by atoms with van der Waals surface area (Å²) in [6.45, 7) is 2.69. The van der Waals surface area contributed by atoms with Crippen LogP contribution in [-0.2, 0) is 13.0 Å².